The lowest BCUT2D eigenvalue weighted by Gasteiger charge is -2.27. The van der Waals surface area contributed by atoms with E-state index in [1.54, 1.807) is 11.9 Å². The Morgan fingerprint density at radius 2 is 2.17 bits per heavy atom. The molecule has 5 heteroatoms. The topological polar surface area (TPSA) is 61.4 Å². The first-order valence-electron chi connectivity index (χ1n) is 6.94. The van der Waals surface area contributed by atoms with Crippen molar-refractivity contribution < 1.29 is 9.59 Å². The maximum absolute atomic E-state index is 12.3. The molecule has 2 aliphatic rings. The molecule has 0 aromatic rings. The molecule has 2 atom stereocenters. The number of carbonyl (C=O) groups excluding carboxylic acids is 2. The number of amides is 2. The van der Waals surface area contributed by atoms with Gasteiger partial charge in [-0.3, -0.25) is 9.59 Å². The molecule has 0 radical (unpaired) electrons. The Morgan fingerprint density at radius 3 is 2.83 bits per heavy atom. The van der Waals surface area contributed by atoms with Gasteiger partial charge in [-0.1, -0.05) is 0 Å². The minimum absolute atomic E-state index is 0.0254. The molecule has 2 saturated heterocycles. The van der Waals surface area contributed by atoms with Gasteiger partial charge in [-0.05, 0) is 44.7 Å². The van der Waals surface area contributed by atoms with E-state index in [-0.39, 0.29) is 17.9 Å². The number of rotatable bonds is 3. The van der Waals surface area contributed by atoms with Crippen molar-refractivity contribution in [2.24, 2.45) is 5.92 Å². The van der Waals surface area contributed by atoms with Crippen LogP contribution in [0.15, 0.2) is 0 Å². The minimum atomic E-state index is -0.237. The Balaban J connectivity index is 1.89. The molecule has 0 aromatic heterocycles. The summed E-state index contributed by atoms with van der Waals surface area (Å²) in [7, 11) is 1.63. The summed E-state index contributed by atoms with van der Waals surface area (Å²) < 4.78 is 0. The number of carbonyl (C=O) groups is 2. The van der Waals surface area contributed by atoms with Crippen LogP contribution in [0.5, 0.6) is 0 Å². The lowest BCUT2D eigenvalue weighted by Crippen LogP contribution is -2.46. The van der Waals surface area contributed by atoms with Crippen LogP contribution in [-0.4, -0.2) is 49.4 Å². The van der Waals surface area contributed by atoms with Crippen LogP contribution in [0.25, 0.3) is 0 Å². The Hall–Kier alpha value is -1.10. The number of hydrogen-bond donors (Lipinski definition) is 2. The lowest BCUT2D eigenvalue weighted by atomic mass is 9.95. The highest BCUT2D eigenvalue weighted by Crippen LogP contribution is 2.22. The molecule has 0 saturated carbocycles. The van der Waals surface area contributed by atoms with Crippen LogP contribution in [0.1, 0.15) is 32.1 Å². The third kappa shape index (κ3) is 3.02. The zero-order valence-electron chi connectivity index (χ0n) is 11.1. The average molecular weight is 253 g/mol. The van der Waals surface area contributed by atoms with Crippen LogP contribution in [0.4, 0.5) is 0 Å². The van der Waals surface area contributed by atoms with Gasteiger partial charge in [-0.15, -0.1) is 0 Å². The smallest absolute Gasteiger partial charge is 0.242 e. The molecule has 2 rings (SSSR count). The molecule has 0 aliphatic carbocycles. The number of piperidine rings is 1. The molecule has 5 nitrogen and oxygen atoms in total. The van der Waals surface area contributed by atoms with Crippen molar-refractivity contribution in [2.75, 3.05) is 26.7 Å². The van der Waals surface area contributed by atoms with E-state index in [1.165, 1.54) is 0 Å². The number of nitrogens with one attached hydrogen (secondary N) is 2. The summed E-state index contributed by atoms with van der Waals surface area (Å²) in [6.45, 7) is 2.73. The highest BCUT2D eigenvalue weighted by atomic mass is 16.2. The number of likely N-dealkylation sites (tertiary alicyclic amines) is 1. The summed E-state index contributed by atoms with van der Waals surface area (Å²) in [6.07, 6.45) is 4.59. The fraction of sp³-hybridized carbons (Fsp3) is 0.846. The summed E-state index contributed by atoms with van der Waals surface area (Å²) in [5, 5.41) is 5.98. The highest BCUT2D eigenvalue weighted by Gasteiger charge is 2.34. The van der Waals surface area contributed by atoms with Gasteiger partial charge < -0.3 is 15.5 Å². The molecule has 2 heterocycles. The SMILES string of the molecule is CNC(=O)C1CCCN1C(=O)CC1CCCNC1. The summed E-state index contributed by atoms with van der Waals surface area (Å²) in [4.78, 5) is 25.7. The molecular formula is C13H23N3O2. The molecule has 2 unspecified atom stereocenters. The van der Waals surface area contributed by atoms with Crippen LogP contribution >= 0.6 is 0 Å². The van der Waals surface area contributed by atoms with Crippen LogP contribution in [0, 0.1) is 5.92 Å². The first-order chi connectivity index (χ1) is 8.72. The second kappa shape index (κ2) is 6.18. The second-order valence-corrected chi connectivity index (χ2v) is 5.28. The Morgan fingerprint density at radius 1 is 1.33 bits per heavy atom. The van der Waals surface area contributed by atoms with E-state index in [2.05, 4.69) is 10.6 Å². The van der Waals surface area contributed by atoms with Crippen LogP contribution in [0.3, 0.4) is 0 Å². The Labute approximate surface area is 108 Å². The molecule has 2 amide bonds. The van der Waals surface area contributed by atoms with E-state index in [1.807, 2.05) is 0 Å². The van der Waals surface area contributed by atoms with Gasteiger partial charge in [0.1, 0.15) is 6.04 Å². The zero-order chi connectivity index (χ0) is 13.0. The number of nitrogens with zero attached hydrogens (tertiary/aromatic N) is 1. The standard InChI is InChI=1S/C13H23N3O2/c1-14-13(18)11-5-3-7-16(11)12(17)8-10-4-2-6-15-9-10/h10-11,15H,2-9H2,1H3,(H,14,18). The molecule has 2 aliphatic heterocycles. The van der Waals surface area contributed by atoms with E-state index in [9.17, 15) is 9.59 Å². The largest absolute Gasteiger partial charge is 0.357 e. The summed E-state index contributed by atoms with van der Waals surface area (Å²) in [6, 6.07) is -0.237. The van der Waals surface area contributed by atoms with E-state index >= 15 is 0 Å². The van der Waals surface area contributed by atoms with Gasteiger partial charge in [0.05, 0.1) is 0 Å². The first kappa shape index (κ1) is 13.3. The van der Waals surface area contributed by atoms with Gasteiger partial charge in [0.25, 0.3) is 0 Å². The van der Waals surface area contributed by atoms with Crippen LogP contribution in [-0.2, 0) is 9.59 Å². The van der Waals surface area contributed by atoms with E-state index in [0.717, 1.165) is 45.3 Å². The monoisotopic (exact) mass is 253 g/mol. The lowest BCUT2D eigenvalue weighted by molar-refractivity contribution is -0.139. The molecule has 2 N–H and O–H groups in total. The quantitative estimate of drug-likeness (QED) is 0.750. The molecule has 0 bridgehead atoms. The second-order valence-electron chi connectivity index (χ2n) is 5.28. The van der Waals surface area contributed by atoms with Gasteiger partial charge in [-0.25, -0.2) is 0 Å². The third-order valence-electron chi connectivity index (χ3n) is 3.98. The van der Waals surface area contributed by atoms with Crippen molar-refractivity contribution in [1.82, 2.24) is 15.5 Å². The molecule has 0 spiro atoms. The molecule has 0 aromatic carbocycles. The summed E-state index contributed by atoms with van der Waals surface area (Å²) in [5.41, 5.74) is 0. The van der Waals surface area contributed by atoms with Crippen LogP contribution < -0.4 is 10.6 Å². The summed E-state index contributed by atoms with van der Waals surface area (Å²) in [5.74, 6) is 0.564. The predicted molar refractivity (Wildman–Crippen MR) is 69.0 cm³/mol. The maximum Gasteiger partial charge on any atom is 0.242 e. The summed E-state index contributed by atoms with van der Waals surface area (Å²) >= 11 is 0. The number of likely N-dealkylation sites (N-methyl/N-ethyl adjacent to an activating group) is 1. The number of hydrogen-bond acceptors (Lipinski definition) is 3. The van der Waals surface area contributed by atoms with Crippen molar-refractivity contribution in [3.8, 4) is 0 Å². The van der Waals surface area contributed by atoms with Gasteiger partial charge in [0.15, 0.2) is 0 Å². The van der Waals surface area contributed by atoms with E-state index in [0.29, 0.717) is 12.3 Å². The van der Waals surface area contributed by atoms with Crippen molar-refractivity contribution in [3.05, 3.63) is 0 Å². The van der Waals surface area contributed by atoms with Gasteiger partial charge in [-0.2, -0.15) is 0 Å². The van der Waals surface area contributed by atoms with E-state index in [4.69, 9.17) is 0 Å². The average Bonchev–Trinajstić information content (AvgIpc) is 2.88. The third-order valence-corrected chi connectivity index (χ3v) is 3.98. The van der Waals surface area contributed by atoms with Gasteiger partial charge >= 0.3 is 0 Å². The molecule has 102 valence electrons. The van der Waals surface area contributed by atoms with Gasteiger partial charge in [0, 0.05) is 20.0 Å². The van der Waals surface area contributed by atoms with Crippen molar-refractivity contribution in [2.45, 2.75) is 38.1 Å². The molecule has 18 heavy (non-hydrogen) atoms. The normalized spacial score (nSPS) is 28.2. The molecular weight excluding hydrogens is 230 g/mol. The van der Waals surface area contributed by atoms with Crippen molar-refractivity contribution in [1.29, 1.82) is 0 Å². The fourth-order valence-electron chi connectivity index (χ4n) is 2.97. The highest BCUT2D eigenvalue weighted by molar-refractivity contribution is 5.88. The fourth-order valence-corrected chi connectivity index (χ4v) is 2.97. The molecule has 2 fully saturated rings. The first-order valence-corrected chi connectivity index (χ1v) is 6.94. The van der Waals surface area contributed by atoms with Crippen molar-refractivity contribution >= 4 is 11.8 Å². The van der Waals surface area contributed by atoms with Crippen LogP contribution in [0.2, 0.25) is 0 Å². The Kier molecular flexibility index (Phi) is 4.58. The Bertz CT molecular complexity index is 313. The maximum atomic E-state index is 12.3. The minimum Gasteiger partial charge on any atom is -0.357 e. The van der Waals surface area contributed by atoms with E-state index < -0.39 is 0 Å². The predicted octanol–water partition coefficient (Wildman–Crippen LogP) is 0.113. The van der Waals surface area contributed by atoms with Crippen molar-refractivity contribution in [3.63, 3.8) is 0 Å². The zero-order valence-corrected chi connectivity index (χ0v) is 11.1. The van der Waals surface area contributed by atoms with Gasteiger partial charge in [0.2, 0.25) is 11.8 Å².